The summed E-state index contributed by atoms with van der Waals surface area (Å²) in [4.78, 5) is -0.0799. The summed E-state index contributed by atoms with van der Waals surface area (Å²) in [6.07, 6.45) is 0. The fourth-order valence-corrected chi connectivity index (χ4v) is 2.79. The minimum absolute atomic E-state index is 0.0799. The quantitative estimate of drug-likeness (QED) is 0.857. The van der Waals surface area contributed by atoms with Crippen LogP contribution in [0, 0.1) is 5.82 Å². The van der Waals surface area contributed by atoms with E-state index in [1.807, 2.05) is 0 Å². The predicted octanol–water partition coefficient (Wildman–Crippen LogP) is 2.99. The second-order valence-electron chi connectivity index (χ2n) is 3.72. The molecule has 0 amide bonds. The van der Waals surface area contributed by atoms with Gasteiger partial charge >= 0.3 is 0 Å². The molecule has 19 heavy (non-hydrogen) atoms. The van der Waals surface area contributed by atoms with Crippen molar-refractivity contribution in [2.75, 3.05) is 4.72 Å². The molecule has 0 aromatic heterocycles. The smallest absolute Gasteiger partial charge is 0.262 e. The lowest BCUT2D eigenvalue weighted by atomic mass is 10.3. The van der Waals surface area contributed by atoms with Gasteiger partial charge in [0.15, 0.2) is 0 Å². The van der Waals surface area contributed by atoms with Gasteiger partial charge in [-0.2, -0.15) is 0 Å². The Hall–Kier alpha value is -1.79. The van der Waals surface area contributed by atoms with Crippen LogP contribution < -0.4 is 4.72 Å². The molecule has 2 aromatic carbocycles. The van der Waals surface area contributed by atoms with E-state index in [1.54, 1.807) is 0 Å². The van der Waals surface area contributed by atoms with Gasteiger partial charge in [-0.15, -0.1) is 0 Å². The second-order valence-corrected chi connectivity index (χ2v) is 5.84. The summed E-state index contributed by atoms with van der Waals surface area (Å²) in [6.45, 7) is 0. The van der Waals surface area contributed by atoms with Gasteiger partial charge < -0.3 is 5.11 Å². The first kappa shape index (κ1) is 13.6. The van der Waals surface area contributed by atoms with Gasteiger partial charge in [0, 0.05) is 11.1 Å². The van der Waals surface area contributed by atoms with E-state index < -0.39 is 15.8 Å². The Balaban J connectivity index is 2.39. The third-order valence-electron chi connectivity index (χ3n) is 2.31. The topological polar surface area (TPSA) is 66.4 Å². The van der Waals surface area contributed by atoms with Crippen LogP contribution in [-0.4, -0.2) is 13.5 Å². The van der Waals surface area contributed by atoms with Crippen molar-refractivity contribution < 1.29 is 17.9 Å². The fraction of sp³-hybridized carbons (Fsp3) is 0. The maximum Gasteiger partial charge on any atom is 0.262 e. The van der Waals surface area contributed by atoms with Gasteiger partial charge in [0.25, 0.3) is 10.0 Å². The zero-order valence-corrected chi connectivity index (χ0v) is 11.0. The van der Waals surface area contributed by atoms with Crippen LogP contribution in [0.4, 0.5) is 10.1 Å². The molecular formula is C12H9ClFNO3S. The number of halogens is 2. The van der Waals surface area contributed by atoms with Crippen LogP contribution in [0.5, 0.6) is 5.75 Å². The average molecular weight is 302 g/mol. The van der Waals surface area contributed by atoms with Crippen molar-refractivity contribution in [1.82, 2.24) is 0 Å². The van der Waals surface area contributed by atoms with Crippen LogP contribution in [-0.2, 0) is 10.0 Å². The van der Waals surface area contributed by atoms with Crippen LogP contribution in [0.25, 0.3) is 0 Å². The average Bonchev–Trinajstić information content (AvgIpc) is 2.33. The standard InChI is InChI=1S/C12H9ClFNO3S/c13-8-2-1-3-10(6-8)19(17,18)15-11-7-9(14)4-5-12(11)16/h1-7,15-16H. The number of aromatic hydroxyl groups is 1. The molecule has 7 heteroatoms. The Labute approximate surface area is 114 Å². The summed E-state index contributed by atoms with van der Waals surface area (Å²) in [5.41, 5.74) is -0.236. The lowest BCUT2D eigenvalue weighted by Gasteiger charge is -2.09. The largest absolute Gasteiger partial charge is 0.506 e. The Morgan fingerprint density at radius 3 is 2.58 bits per heavy atom. The van der Waals surface area contributed by atoms with Gasteiger partial charge in [0.1, 0.15) is 11.6 Å². The highest BCUT2D eigenvalue weighted by Crippen LogP contribution is 2.27. The number of phenols is 1. The molecule has 0 atom stereocenters. The van der Waals surface area contributed by atoms with Gasteiger partial charge in [-0.05, 0) is 30.3 Å². The summed E-state index contributed by atoms with van der Waals surface area (Å²) in [5, 5.41) is 9.74. The number of sulfonamides is 1. The van der Waals surface area contributed by atoms with Crippen molar-refractivity contribution in [3.63, 3.8) is 0 Å². The van der Waals surface area contributed by atoms with Gasteiger partial charge in [-0.25, -0.2) is 12.8 Å². The molecular weight excluding hydrogens is 293 g/mol. The fourth-order valence-electron chi connectivity index (χ4n) is 1.43. The monoisotopic (exact) mass is 301 g/mol. The molecule has 0 saturated carbocycles. The molecule has 0 spiro atoms. The summed E-state index contributed by atoms with van der Waals surface area (Å²) >= 11 is 5.71. The molecule has 0 unspecified atom stereocenters. The maximum absolute atomic E-state index is 13.0. The van der Waals surface area contributed by atoms with Crippen molar-refractivity contribution in [2.24, 2.45) is 0 Å². The summed E-state index contributed by atoms with van der Waals surface area (Å²) < 4.78 is 39.1. The first-order chi connectivity index (χ1) is 8.88. The van der Waals surface area contributed by atoms with Crippen molar-refractivity contribution in [2.45, 2.75) is 4.90 Å². The molecule has 2 rings (SSSR count). The normalized spacial score (nSPS) is 11.3. The molecule has 2 N–H and O–H groups in total. The zero-order chi connectivity index (χ0) is 14.0. The highest BCUT2D eigenvalue weighted by atomic mass is 35.5. The molecule has 0 heterocycles. The van der Waals surface area contributed by atoms with E-state index in [-0.39, 0.29) is 21.4 Å². The second kappa shape index (κ2) is 5.07. The summed E-state index contributed by atoms with van der Waals surface area (Å²) in [5.74, 6) is -1.03. The SMILES string of the molecule is O=S(=O)(Nc1cc(F)ccc1O)c1cccc(Cl)c1. The number of hydrogen-bond donors (Lipinski definition) is 2. The molecule has 0 aliphatic rings. The minimum Gasteiger partial charge on any atom is -0.506 e. The third kappa shape index (κ3) is 3.15. The van der Waals surface area contributed by atoms with Gasteiger partial charge in [0.2, 0.25) is 0 Å². The van der Waals surface area contributed by atoms with Crippen LogP contribution in [0.2, 0.25) is 5.02 Å². The Morgan fingerprint density at radius 1 is 1.16 bits per heavy atom. The number of rotatable bonds is 3. The molecule has 0 aliphatic carbocycles. The molecule has 0 fully saturated rings. The summed E-state index contributed by atoms with van der Waals surface area (Å²) in [6, 6.07) is 8.56. The zero-order valence-electron chi connectivity index (χ0n) is 9.47. The lowest BCUT2D eigenvalue weighted by molar-refractivity contribution is 0.475. The molecule has 2 aromatic rings. The van der Waals surface area contributed by atoms with E-state index in [2.05, 4.69) is 4.72 Å². The molecule has 4 nitrogen and oxygen atoms in total. The van der Waals surface area contributed by atoms with Crippen LogP contribution in [0.15, 0.2) is 47.4 Å². The van der Waals surface area contributed by atoms with Crippen molar-refractivity contribution >= 4 is 27.3 Å². The maximum atomic E-state index is 13.0. The van der Waals surface area contributed by atoms with Crippen molar-refractivity contribution in [1.29, 1.82) is 0 Å². The number of nitrogens with one attached hydrogen (secondary N) is 1. The molecule has 0 radical (unpaired) electrons. The highest BCUT2D eigenvalue weighted by molar-refractivity contribution is 7.92. The lowest BCUT2D eigenvalue weighted by Crippen LogP contribution is -2.13. The van der Waals surface area contributed by atoms with Gasteiger partial charge in [-0.1, -0.05) is 17.7 Å². The van der Waals surface area contributed by atoms with E-state index in [9.17, 15) is 17.9 Å². The van der Waals surface area contributed by atoms with Crippen LogP contribution in [0.3, 0.4) is 0 Å². The van der Waals surface area contributed by atoms with Crippen molar-refractivity contribution in [3.05, 3.63) is 53.3 Å². The number of phenolic OH excluding ortho intramolecular Hbond substituents is 1. The van der Waals surface area contributed by atoms with Crippen LogP contribution >= 0.6 is 11.6 Å². The van der Waals surface area contributed by atoms with E-state index in [0.29, 0.717) is 0 Å². The Kier molecular flexibility index (Phi) is 3.64. The van der Waals surface area contributed by atoms with Crippen molar-refractivity contribution in [3.8, 4) is 5.75 Å². The molecule has 0 saturated heterocycles. The van der Waals surface area contributed by atoms with E-state index in [0.717, 1.165) is 18.2 Å². The number of benzene rings is 2. The first-order valence-electron chi connectivity index (χ1n) is 5.15. The molecule has 0 aliphatic heterocycles. The number of hydrogen-bond acceptors (Lipinski definition) is 3. The molecule has 100 valence electrons. The van der Waals surface area contributed by atoms with E-state index >= 15 is 0 Å². The first-order valence-corrected chi connectivity index (χ1v) is 7.01. The Morgan fingerprint density at radius 2 is 1.89 bits per heavy atom. The predicted molar refractivity (Wildman–Crippen MR) is 70.3 cm³/mol. The number of anilines is 1. The third-order valence-corrected chi connectivity index (χ3v) is 3.91. The minimum atomic E-state index is -3.94. The van der Waals surface area contributed by atoms with Gasteiger partial charge in [-0.3, -0.25) is 4.72 Å². The highest BCUT2D eigenvalue weighted by Gasteiger charge is 2.16. The Bertz CT molecular complexity index is 719. The van der Waals surface area contributed by atoms with E-state index in [1.165, 1.54) is 24.3 Å². The molecule has 0 bridgehead atoms. The van der Waals surface area contributed by atoms with Crippen LogP contribution in [0.1, 0.15) is 0 Å². The summed E-state index contributed by atoms with van der Waals surface area (Å²) in [7, 11) is -3.94. The van der Waals surface area contributed by atoms with E-state index in [4.69, 9.17) is 11.6 Å². The van der Waals surface area contributed by atoms with Gasteiger partial charge in [0.05, 0.1) is 10.6 Å².